The standard InChI is InChI=1S/C14H18F5N3O2/c1-8-5-22(11(24)14(17,18)19)12(2-3-12)7-21(8)10(23)9-4-13(15,16)6-20-9/h8-9,20H,2-7H2,1H3/t8-,9-/m0/s1. The number of piperazine rings is 1. The second-order valence-electron chi connectivity index (χ2n) is 6.95. The number of carbonyl (C=O) groups excluding carboxylic acids is 2. The van der Waals surface area contributed by atoms with Crippen molar-refractivity contribution in [1.82, 2.24) is 15.1 Å². The summed E-state index contributed by atoms with van der Waals surface area (Å²) >= 11 is 0. The third-order valence-corrected chi connectivity index (χ3v) is 5.02. The molecule has 2 heterocycles. The molecule has 0 bridgehead atoms. The summed E-state index contributed by atoms with van der Waals surface area (Å²) in [7, 11) is 0. The Kier molecular flexibility index (Phi) is 3.82. The molecule has 2 aliphatic heterocycles. The van der Waals surface area contributed by atoms with Crippen molar-refractivity contribution < 1.29 is 31.5 Å². The monoisotopic (exact) mass is 355 g/mol. The SMILES string of the molecule is C[C@H]1CN(C(=O)C(F)(F)F)C2(CC2)CN1C(=O)[C@@H]1CC(F)(F)CN1. The highest BCUT2D eigenvalue weighted by molar-refractivity contribution is 5.85. The molecule has 10 heteroatoms. The Labute approximate surface area is 135 Å². The van der Waals surface area contributed by atoms with Crippen LogP contribution in [0.2, 0.25) is 0 Å². The third kappa shape index (κ3) is 2.96. The summed E-state index contributed by atoms with van der Waals surface area (Å²) in [5.41, 5.74) is -1.00. The fourth-order valence-corrected chi connectivity index (χ4v) is 3.52. The van der Waals surface area contributed by atoms with Crippen LogP contribution in [-0.4, -0.2) is 71.0 Å². The maximum absolute atomic E-state index is 13.3. The van der Waals surface area contributed by atoms with Crippen molar-refractivity contribution in [3.05, 3.63) is 0 Å². The van der Waals surface area contributed by atoms with Crippen LogP contribution in [0.4, 0.5) is 22.0 Å². The molecule has 136 valence electrons. The van der Waals surface area contributed by atoms with Crippen molar-refractivity contribution in [2.75, 3.05) is 19.6 Å². The zero-order chi connectivity index (χ0) is 17.9. The van der Waals surface area contributed by atoms with Crippen LogP contribution in [0.1, 0.15) is 26.2 Å². The molecule has 2 amide bonds. The van der Waals surface area contributed by atoms with Crippen molar-refractivity contribution in [1.29, 1.82) is 0 Å². The van der Waals surface area contributed by atoms with Crippen LogP contribution < -0.4 is 5.32 Å². The molecule has 3 aliphatic rings. The van der Waals surface area contributed by atoms with Gasteiger partial charge in [-0.25, -0.2) is 8.78 Å². The average molecular weight is 355 g/mol. The summed E-state index contributed by atoms with van der Waals surface area (Å²) in [6, 6.07) is -1.70. The maximum atomic E-state index is 13.3. The van der Waals surface area contributed by atoms with Gasteiger partial charge in [0.25, 0.3) is 5.92 Å². The van der Waals surface area contributed by atoms with Crippen LogP contribution in [0.15, 0.2) is 0 Å². The van der Waals surface area contributed by atoms with E-state index in [2.05, 4.69) is 5.32 Å². The molecule has 0 unspecified atom stereocenters. The van der Waals surface area contributed by atoms with Gasteiger partial charge in [0.15, 0.2) is 0 Å². The van der Waals surface area contributed by atoms with Crippen molar-refractivity contribution in [2.45, 2.75) is 55.9 Å². The summed E-state index contributed by atoms with van der Waals surface area (Å²) in [6.45, 7) is 0.651. The second-order valence-corrected chi connectivity index (χ2v) is 6.95. The molecule has 0 aromatic rings. The van der Waals surface area contributed by atoms with E-state index in [4.69, 9.17) is 0 Å². The lowest BCUT2D eigenvalue weighted by atomic mass is 10.0. The predicted octanol–water partition coefficient (Wildman–Crippen LogP) is 1.14. The van der Waals surface area contributed by atoms with E-state index in [1.807, 2.05) is 0 Å². The van der Waals surface area contributed by atoms with Gasteiger partial charge >= 0.3 is 12.1 Å². The van der Waals surface area contributed by atoms with Gasteiger partial charge < -0.3 is 9.80 Å². The molecule has 1 spiro atoms. The number of nitrogens with zero attached hydrogens (tertiary/aromatic N) is 2. The summed E-state index contributed by atoms with van der Waals surface area (Å²) < 4.78 is 64.8. The minimum atomic E-state index is -4.96. The highest BCUT2D eigenvalue weighted by Crippen LogP contribution is 2.47. The fourth-order valence-electron chi connectivity index (χ4n) is 3.52. The first kappa shape index (κ1) is 17.4. The van der Waals surface area contributed by atoms with Gasteiger partial charge in [-0.05, 0) is 19.8 Å². The first-order valence-corrected chi connectivity index (χ1v) is 7.76. The second kappa shape index (κ2) is 5.27. The predicted molar refractivity (Wildman–Crippen MR) is 72.3 cm³/mol. The van der Waals surface area contributed by atoms with Gasteiger partial charge in [-0.15, -0.1) is 0 Å². The molecule has 24 heavy (non-hydrogen) atoms. The zero-order valence-corrected chi connectivity index (χ0v) is 13.0. The summed E-state index contributed by atoms with van der Waals surface area (Å²) in [5.74, 6) is -5.40. The number of carbonyl (C=O) groups is 2. The van der Waals surface area contributed by atoms with Gasteiger partial charge in [0.1, 0.15) is 0 Å². The van der Waals surface area contributed by atoms with Gasteiger partial charge in [-0.1, -0.05) is 0 Å². The minimum Gasteiger partial charge on any atom is -0.334 e. The average Bonchev–Trinajstić information content (AvgIpc) is 3.14. The van der Waals surface area contributed by atoms with Gasteiger partial charge in [-0.3, -0.25) is 14.9 Å². The Morgan fingerprint density at radius 1 is 1.21 bits per heavy atom. The number of rotatable bonds is 1. The highest BCUT2D eigenvalue weighted by atomic mass is 19.4. The van der Waals surface area contributed by atoms with Gasteiger partial charge in [-0.2, -0.15) is 13.2 Å². The molecule has 3 fully saturated rings. The van der Waals surface area contributed by atoms with Gasteiger partial charge in [0.2, 0.25) is 5.91 Å². The summed E-state index contributed by atoms with van der Waals surface area (Å²) in [5, 5.41) is 2.47. The Hall–Kier alpha value is -1.45. The van der Waals surface area contributed by atoms with Crippen LogP contribution in [0.3, 0.4) is 0 Å². The summed E-state index contributed by atoms with van der Waals surface area (Å²) in [6.07, 6.45) is -4.83. The first-order valence-electron chi connectivity index (χ1n) is 7.76. The topological polar surface area (TPSA) is 52.7 Å². The van der Waals surface area contributed by atoms with E-state index in [0.29, 0.717) is 12.8 Å². The van der Waals surface area contributed by atoms with E-state index in [1.54, 1.807) is 0 Å². The third-order valence-electron chi connectivity index (χ3n) is 5.02. The van der Waals surface area contributed by atoms with Crippen LogP contribution >= 0.6 is 0 Å². The van der Waals surface area contributed by atoms with E-state index >= 15 is 0 Å². The van der Waals surface area contributed by atoms with Crippen LogP contribution in [0.5, 0.6) is 0 Å². The molecule has 0 aromatic heterocycles. The Morgan fingerprint density at radius 3 is 2.29 bits per heavy atom. The van der Waals surface area contributed by atoms with Gasteiger partial charge in [0.05, 0.1) is 18.1 Å². The molecule has 2 atom stereocenters. The minimum absolute atomic E-state index is 0.0431. The molecule has 5 nitrogen and oxygen atoms in total. The lowest BCUT2D eigenvalue weighted by Crippen LogP contribution is -2.65. The fraction of sp³-hybridized carbons (Fsp3) is 0.857. The number of nitrogens with one attached hydrogen (secondary N) is 1. The summed E-state index contributed by atoms with van der Waals surface area (Å²) in [4.78, 5) is 26.3. The zero-order valence-electron chi connectivity index (χ0n) is 13.0. The molecule has 0 radical (unpaired) electrons. The Bertz CT molecular complexity index is 561. The molecule has 0 aromatic carbocycles. The number of alkyl halides is 5. The first-order chi connectivity index (χ1) is 11.0. The van der Waals surface area contributed by atoms with Crippen LogP contribution in [0, 0.1) is 0 Å². The molecule has 3 rings (SSSR count). The number of hydrogen-bond donors (Lipinski definition) is 1. The van der Waals surface area contributed by atoms with E-state index in [9.17, 15) is 31.5 Å². The lowest BCUT2D eigenvalue weighted by molar-refractivity contribution is -0.193. The smallest absolute Gasteiger partial charge is 0.334 e. The van der Waals surface area contributed by atoms with Crippen LogP contribution in [0.25, 0.3) is 0 Å². The maximum Gasteiger partial charge on any atom is 0.471 e. The molecule has 2 saturated heterocycles. The highest BCUT2D eigenvalue weighted by Gasteiger charge is 2.60. The van der Waals surface area contributed by atoms with Crippen molar-refractivity contribution in [3.8, 4) is 0 Å². The lowest BCUT2D eigenvalue weighted by Gasteiger charge is -2.46. The van der Waals surface area contributed by atoms with Crippen molar-refractivity contribution in [3.63, 3.8) is 0 Å². The van der Waals surface area contributed by atoms with E-state index in [-0.39, 0.29) is 13.1 Å². The molecule has 1 saturated carbocycles. The quantitative estimate of drug-likeness (QED) is 0.718. The molecular formula is C14H18F5N3O2. The molecule has 1 aliphatic carbocycles. The van der Waals surface area contributed by atoms with Crippen molar-refractivity contribution in [2.24, 2.45) is 0 Å². The number of amides is 2. The Morgan fingerprint density at radius 2 is 1.83 bits per heavy atom. The van der Waals surface area contributed by atoms with Crippen LogP contribution in [-0.2, 0) is 9.59 Å². The molecule has 1 N–H and O–H groups in total. The Balaban J connectivity index is 1.73. The molecular weight excluding hydrogens is 337 g/mol. The van der Waals surface area contributed by atoms with E-state index in [1.165, 1.54) is 11.8 Å². The largest absolute Gasteiger partial charge is 0.471 e. The van der Waals surface area contributed by atoms with Crippen molar-refractivity contribution >= 4 is 11.8 Å². The van der Waals surface area contributed by atoms with E-state index < -0.39 is 54.5 Å². The number of halogens is 5. The van der Waals surface area contributed by atoms with E-state index in [0.717, 1.165) is 4.90 Å². The van der Waals surface area contributed by atoms with Gasteiger partial charge in [0, 0.05) is 25.6 Å². The normalized spacial score (nSPS) is 31.4. The number of hydrogen-bond acceptors (Lipinski definition) is 3.